The number of para-hydroxylation sites is 1. The van der Waals surface area contributed by atoms with E-state index in [1.807, 2.05) is 18.2 Å². The molecule has 0 atom stereocenters. The number of rotatable bonds is 9. The molecule has 27 heavy (non-hydrogen) atoms. The SMILES string of the molecule is CCOC(=O)CCC(=O)c1ccc(Oc2ccccc2)cc1C(=O)OCC. The summed E-state index contributed by atoms with van der Waals surface area (Å²) in [6.07, 6.45) is -0.0959. The van der Waals surface area contributed by atoms with Gasteiger partial charge in [-0.3, -0.25) is 9.59 Å². The van der Waals surface area contributed by atoms with Crippen LogP contribution in [0.25, 0.3) is 0 Å². The van der Waals surface area contributed by atoms with Gasteiger partial charge in [0.1, 0.15) is 11.5 Å². The average molecular weight is 370 g/mol. The minimum absolute atomic E-state index is 0.0444. The fourth-order valence-corrected chi connectivity index (χ4v) is 2.42. The van der Waals surface area contributed by atoms with Gasteiger partial charge in [-0.25, -0.2) is 4.79 Å². The van der Waals surface area contributed by atoms with E-state index in [9.17, 15) is 14.4 Å². The molecule has 0 spiro atoms. The molecule has 0 N–H and O–H groups in total. The highest BCUT2D eigenvalue weighted by Crippen LogP contribution is 2.25. The quantitative estimate of drug-likeness (QED) is 0.487. The molecule has 0 aliphatic carbocycles. The second-order valence-corrected chi connectivity index (χ2v) is 5.57. The molecule has 0 fully saturated rings. The van der Waals surface area contributed by atoms with E-state index < -0.39 is 11.9 Å². The van der Waals surface area contributed by atoms with Crippen LogP contribution in [0.15, 0.2) is 48.5 Å². The normalized spacial score (nSPS) is 10.1. The van der Waals surface area contributed by atoms with Gasteiger partial charge < -0.3 is 14.2 Å². The van der Waals surface area contributed by atoms with Crippen LogP contribution in [-0.4, -0.2) is 30.9 Å². The molecule has 0 saturated heterocycles. The van der Waals surface area contributed by atoms with Crippen LogP contribution in [0, 0.1) is 0 Å². The maximum Gasteiger partial charge on any atom is 0.338 e. The fourth-order valence-electron chi connectivity index (χ4n) is 2.42. The van der Waals surface area contributed by atoms with Crippen LogP contribution < -0.4 is 4.74 Å². The zero-order valence-corrected chi connectivity index (χ0v) is 15.4. The molecular formula is C21H22O6. The topological polar surface area (TPSA) is 78.9 Å². The molecule has 0 bridgehead atoms. The molecule has 0 radical (unpaired) electrons. The van der Waals surface area contributed by atoms with Crippen molar-refractivity contribution in [2.45, 2.75) is 26.7 Å². The second-order valence-electron chi connectivity index (χ2n) is 5.57. The highest BCUT2D eigenvalue weighted by atomic mass is 16.5. The lowest BCUT2D eigenvalue weighted by atomic mass is 10.00. The molecule has 0 saturated carbocycles. The molecule has 2 aromatic carbocycles. The van der Waals surface area contributed by atoms with E-state index in [0.29, 0.717) is 11.5 Å². The Kier molecular flexibility index (Phi) is 7.55. The number of hydrogen-bond donors (Lipinski definition) is 0. The highest BCUT2D eigenvalue weighted by molar-refractivity contribution is 6.07. The van der Waals surface area contributed by atoms with Gasteiger partial charge in [0.2, 0.25) is 0 Å². The first-order chi connectivity index (χ1) is 13.0. The van der Waals surface area contributed by atoms with Gasteiger partial charge in [-0.2, -0.15) is 0 Å². The number of ether oxygens (including phenoxy) is 3. The van der Waals surface area contributed by atoms with Crippen molar-refractivity contribution in [1.82, 2.24) is 0 Å². The van der Waals surface area contributed by atoms with Crippen LogP contribution in [-0.2, 0) is 14.3 Å². The van der Waals surface area contributed by atoms with Crippen LogP contribution >= 0.6 is 0 Å². The standard InChI is InChI=1S/C21H22O6/c1-3-25-20(23)13-12-19(22)17-11-10-16(14-18(17)21(24)26-4-2)27-15-8-6-5-7-9-15/h5-11,14H,3-4,12-13H2,1-2H3. The number of ketones is 1. The Balaban J connectivity index is 2.23. The summed E-state index contributed by atoms with van der Waals surface area (Å²) in [4.78, 5) is 36.3. The number of hydrogen-bond acceptors (Lipinski definition) is 6. The summed E-state index contributed by atoms with van der Waals surface area (Å²) in [6.45, 7) is 3.82. The summed E-state index contributed by atoms with van der Waals surface area (Å²) in [5, 5.41) is 0. The first-order valence-corrected chi connectivity index (χ1v) is 8.78. The van der Waals surface area contributed by atoms with E-state index in [4.69, 9.17) is 14.2 Å². The van der Waals surface area contributed by atoms with Crippen LogP contribution in [0.5, 0.6) is 11.5 Å². The van der Waals surface area contributed by atoms with Crippen LogP contribution in [0.1, 0.15) is 47.4 Å². The molecule has 6 heteroatoms. The summed E-state index contributed by atoms with van der Waals surface area (Å²) in [7, 11) is 0. The molecular weight excluding hydrogens is 348 g/mol. The molecule has 2 rings (SSSR count). The van der Waals surface area contributed by atoms with Gasteiger partial charge in [0.05, 0.1) is 25.2 Å². The summed E-state index contributed by atoms with van der Waals surface area (Å²) in [5.74, 6) is -0.389. The van der Waals surface area contributed by atoms with Gasteiger partial charge in [0, 0.05) is 12.0 Å². The lowest BCUT2D eigenvalue weighted by Crippen LogP contribution is -2.14. The first kappa shape index (κ1) is 20.2. The molecule has 0 heterocycles. The van der Waals surface area contributed by atoms with Gasteiger partial charge in [0.15, 0.2) is 5.78 Å². The van der Waals surface area contributed by atoms with Crippen molar-refractivity contribution in [1.29, 1.82) is 0 Å². The maximum absolute atomic E-state index is 12.5. The number of carbonyl (C=O) groups is 3. The number of esters is 2. The lowest BCUT2D eigenvalue weighted by molar-refractivity contribution is -0.143. The largest absolute Gasteiger partial charge is 0.466 e. The van der Waals surface area contributed by atoms with E-state index in [1.54, 1.807) is 32.0 Å². The summed E-state index contributed by atoms with van der Waals surface area (Å²) < 4.78 is 15.6. The molecule has 142 valence electrons. The zero-order chi connectivity index (χ0) is 19.6. The third-order valence-electron chi connectivity index (χ3n) is 3.63. The summed E-state index contributed by atoms with van der Waals surface area (Å²) >= 11 is 0. The van der Waals surface area contributed by atoms with Gasteiger partial charge in [-0.1, -0.05) is 18.2 Å². The monoisotopic (exact) mass is 370 g/mol. The Hall–Kier alpha value is -3.15. The van der Waals surface area contributed by atoms with Crippen molar-refractivity contribution in [3.05, 3.63) is 59.7 Å². The minimum Gasteiger partial charge on any atom is -0.466 e. The molecule has 2 aromatic rings. The second kappa shape index (κ2) is 10.1. The maximum atomic E-state index is 12.5. The Morgan fingerprint density at radius 1 is 0.778 bits per heavy atom. The van der Waals surface area contributed by atoms with E-state index in [0.717, 1.165) is 0 Å². The van der Waals surface area contributed by atoms with Crippen molar-refractivity contribution in [3.63, 3.8) is 0 Å². The van der Waals surface area contributed by atoms with Crippen molar-refractivity contribution in [2.24, 2.45) is 0 Å². The summed E-state index contributed by atoms with van der Waals surface area (Å²) in [6, 6.07) is 13.7. The fraction of sp³-hybridized carbons (Fsp3) is 0.286. The molecule has 0 unspecified atom stereocenters. The first-order valence-electron chi connectivity index (χ1n) is 8.78. The van der Waals surface area contributed by atoms with E-state index >= 15 is 0 Å². The van der Waals surface area contributed by atoms with Gasteiger partial charge >= 0.3 is 11.9 Å². The number of Topliss-reactive ketones (excluding diaryl/α,β-unsaturated/α-hetero) is 1. The molecule has 0 aliphatic heterocycles. The smallest absolute Gasteiger partial charge is 0.338 e. The lowest BCUT2D eigenvalue weighted by Gasteiger charge is -2.11. The Labute approximate surface area is 158 Å². The molecule has 0 aliphatic rings. The zero-order valence-electron chi connectivity index (χ0n) is 15.4. The van der Waals surface area contributed by atoms with Crippen molar-refractivity contribution in [2.75, 3.05) is 13.2 Å². The van der Waals surface area contributed by atoms with Gasteiger partial charge in [0.25, 0.3) is 0 Å². The van der Waals surface area contributed by atoms with Crippen molar-refractivity contribution in [3.8, 4) is 11.5 Å². The third kappa shape index (κ3) is 5.95. The Morgan fingerprint density at radius 2 is 1.48 bits per heavy atom. The van der Waals surface area contributed by atoms with Crippen molar-refractivity contribution < 1.29 is 28.6 Å². The Bertz CT molecular complexity index is 798. The van der Waals surface area contributed by atoms with Crippen LogP contribution in [0.2, 0.25) is 0 Å². The Morgan fingerprint density at radius 3 is 2.15 bits per heavy atom. The number of carbonyl (C=O) groups excluding carboxylic acids is 3. The van der Waals surface area contributed by atoms with Crippen LogP contribution in [0.3, 0.4) is 0 Å². The molecule has 0 amide bonds. The highest BCUT2D eigenvalue weighted by Gasteiger charge is 2.20. The van der Waals surface area contributed by atoms with Gasteiger partial charge in [-0.05, 0) is 44.2 Å². The predicted molar refractivity (Wildman–Crippen MR) is 99.1 cm³/mol. The van der Waals surface area contributed by atoms with Crippen molar-refractivity contribution >= 4 is 17.7 Å². The molecule has 6 nitrogen and oxygen atoms in total. The van der Waals surface area contributed by atoms with E-state index in [-0.39, 0.29) is 43.0 Å². The van der Waals surface area contributed by atoms with Gasteiger partial charge in [-0.15, -0.1) is 0 Å². The van der Waals surface area contributed by atoms with E-state index in [2.05, 4.69) is 0 Å². The summed E-state index contributed by atoms with van der Waals surface area (Å²) in [5.41, 5.74) is 0.303. The average Bonchev–Trinajstić information content (AvgIpc) is 2.67. The predicted octanol–water partition coefficient (Wildman–Crippen LogP) is 4.18. The third-order valence-corrected chi connectivity index (χ3v) is 3.63. The number of benzene rings is 2. The minimum atomic E-state index is -0.615. The molecule has 0 aromatic heterocycles. The van der Waals surface area contributed by atoms with E-state index in [1.165, 1.54) is 12.1 Å². The van der Waals surface area contributed by atoms with Crippen LogP contribution in [0.4, 0.5) is 0 Å².